The van der Waals surface area contributed by atoms with Gasteiger partial charge in [-0.1, -0.05) is 48.2 Å². The van der Waals surface area contributed by atoms with Crippen LogP contribution < -0.4 is 0 Å². The highest BCUT2D eigenvalue weighted by Gasteiger charge is 2.22. The lowest BCUT2D eigenvalue weighted by Crippen LogP contribution is -2.36. The molecule has 1 amide bonds. The van der Waals surface area contributed by atoms with Crippen LogP contribution in [0.2, 0.25) is 0 Å². The average Bonchev–Trinajstić information content (AvgIpc) is 3.36. The maximum atomic E-state index is 12.9. The van der Waals surface area contributed by atoms with Crippen LogP contribution in [0.3, 0.4) is 0 Å². The van der Waals surface area contributed by atoms with Crippen LogP contribution in [0.15, 0.2) is 59.3 Å². The number of nitrogens with zero attached hydrogens (tertiary/aromatic N) is 4. The Balaban J connectivity index is 1.59. The molecule has 1 unspecified atom stereocenters. The first-order valence-electron chi connectivity index (χ1n) is 9.07. The van der Waals surface area contributed by atoms with Gasteiger partial charge in [-0.2, -0.15) is 0 Å². The van der Waals surface area contributed by atoms with Gasteiger partial charge in [-0.3, -0.25) is 4.79 Å². The molecule has 0 saturated carbocycles. The molecule has 0 aliphatic rings. The van der Waals surface area contributed by atoms with Crippen molar-refractivity contribution in [3.05, 3.63) is 64.6 Å². The molecule has 0 fully saturated rings. The van der Waals surface area contributed by atoms with Gasteiger partial charge in [-0.05, 0) is 37.3 Å². The summed E-state index contributed by atoms with van der Waals surface area (Å²) < 4.78 is 2.03. The van der Waals surface area contributed by atoms with Crippen LogP contribution in [0.1, 0.15) is 24.3 Å². The molecular weight excluding hydrogens is 376 g/mol. The van der Waals surface area contributed by atoms with Crippen molar-refractivity contribution in [2.45, 2.75) is 43.8 Å². The molecule has 142 valence electrons. The average molecular weight is 401 g/mol. The van der Waals surface area contributed by atoms with Crippen molar-refractivity contribution in [2.75, 3.05) is 6.54 Å². The molecule has 5 nitrogen and oxygen atoms in total. The fourth-order valence-electron chi connectivity index (χ4n) is 2.79. The van der Waals surface area contributed by atoms with Crippen LogP contribution in [0.4, 0.5) is 0 Å². The molecular formula is C20H24N4OS2. The summed E-state index contributed by atoms with van der Waals surface area (Å²) in [4.78, 5) is 16.1. The number of aromatic nitrogens is 3. The lowest BCUT2D eigenvalue weighted by molar-refractivity contribution is -0.130. The summed E-state index contributed by atoms with van der Waals surface area (Å²) in [6.07, 6.45) is 2.69. The quantitative estimate of drug-likeness (QED) is 0.507. The zero-order valence-corrected chi connectivity index (χ0v) is 17.2. The molecule has 3 aromatic rings. The van der Waals surface area contributed by atoms with Crippen molar-refractivity contribution in [3.63, 3.8) is 0 Å². The van der Waals surface area contributed by atoms with Gasteiger partial charge < -0.3 is 9.47 Å². The topological polar surface area (TPSA) is 51.0 Å². The number of amides is 1. The van der Waals surface area contributed by atoms with Crippen LogP contribution in [0.25, 0.3) is 0 Å². The number of rotatable bonds is 9. The van der Waals surface area contributed by atoms with Crippen molar-refractivity contribution in [3.8, 4) is 0 Å². The Hall–Kier alpha value is -2.12. The summed E-state index contributed by atoms with van der Waals surface area (Å²) in [5.41, 5.74) is 1.14. The largest absolute Gasteiger partial charge is 0.338 e. The van der Waals surface area contributed by atoms with E-state index < -0.39 is 0 Å². The first kappa shape index (κ1) is 19.6. The third-order valence-corrected chi connectivity index (χ3v) is 6.32. The molecule has 2 heterocycles. The van der Waals surface area contributed by atoms with Crippen LogP contribution in [-0.4, -0.2) is 37.4 Å². The Morgan fingerprint density at radius 1 is 1.26 bits per heavy atom. The summed E-state index contributed by atoms with van der Waals surface area (Å²) in [5.74, 6) is 0.124. The molecule has 0 bridgehead atoms. The Morgan fingerprint density at radius 2 is 2.07 bits per heavy atom. The van der Waals surface area contributed by atoms with E-state index in [1.165, 1.54) is 16.6 Å². The van der Waals surface area contributed by atoms with E-state index in [0.717, 1.165) is 23.7 Å². The normalized spacial score (nSPS) is 12.1. The van der Waals surface area contributed by atoms with E-state index in [1.807, 2.05) is 41.5 Å². The van der Waals surface area contributed by atoms with Crippen molar-refractivity contribution < 1.29 is 4.79 Å². The lowest BCUT2D eigenvalue weighted by Gasteiger charge is -2.24. The van der Waals surface area contributed by atoms with E-state index in [1.54, 1.807) is 17.7 Å². The van der Waals surface area contributed by atoms with Gasteiger partial charge in [0, 0.05) is 24.5 Å². The molecule has 0 spiro atoms. The highest BCUT2D eigenvalue weighted by Crippen LogP contribution is 2.23. The number of hydrogen-bond donors (Lipinski definition) is 0. The first-order chi connectivity index (χ1) is 13.2. The Morgan fingerprint density at radius 3 is 2.78 bits per heavy atom. The highest BCUT2D eigenvalue weighted by molar-refractivity contribution is 8.00. The summed E-state index contributed by atoms with van der Waals surface area (Å²) >= 11 is 3.23. The fourth-order valence-corrected chi connectivity index (χ4v) is 4.42. The number of thioether (sulfide) groups is 1. The molecule has 27 heavy (non-hydrogen) atoms. The Kier molecular flexibility index (Phi) is 7.06. The number of benzene rings is 1. The van der Waals surface area contributed by atoms with Gasteiger partial charge in [-0.25, -0.2) is 0 Å². The van der Waals surface area contributed by atoms with Crippen LogP contribution in [-0.2, 0) is 24.3 Å². The SMILES string of the molecule is CCN(Cc1ccccc1)C(=O)C(C)Sc1nncn1CCc1cccs1. The predicted octanol–water partition coefficient (Wildman–Crippen LogP) is 4.11. The van der Waals surface area contributed by atoms with Crippen LogP contribution in [0, 0.1) is 0 Å². The third-order valence-electron chi connectivity index (χ3n) is 4.30. The fraction of sp³-hybridized carbons (Fsp3) is 0.350. The van der Waals surface area contributed by atoms with Gasteiger partial charge in [0.2, 0.25) is 5.91 Å². The zero-order valence-electron chi connectivity index (χ0n) is 15.6. The molecule has 2 aromatic heterocycles. The van der Waals surface area contributed by atoms with Gasteiger partial charge >= 0.3 is 0 Å². The van der Waals surface area contributed by atoms with E-state index in [2.05, 4.69) is 39.8 Å². The number of thiophene rings is 1. The van der Waals surface area contributed by atoms with Crippen molar-refractivity contribution >= 4 is 29.0 Å². The molecule has 0 saturated heterocycles. The monoisotopic (exact) mass is 400 g/mol. The molecule has 0 aliphatic heterocycles. The second-order valence-electron chi connectivity index (χ2n) is 6.23. The van der Waals surface area contributed by atoms with E-state index in [0.29, 0.717) is 13.1 Å². The zero-order chi connectivity index (χ0) is 19.1. The van der Waals surface area contributed by atoms with E-state index in [4.69, 9.17) is 0 Å². The third kappa shape index (κ3) is 5.43. The maximum absolute atomic E-state index is 12.9. The van der Waals surface area contributed by atoms with Crippen molar-refractivity contribution in [1.29, 1.82) is 0 Å². The number of carbonyl (C=O) groups is 1. The summed E-state index contributed by atoms with van der Waals surface area (Å²) in [7, 11) is 0. The molecule has 1 aromatic carbocycles. The van der Waals surface area contributed by atoms with Crippen LogP contribution in [0.5, 0.6) is 0 Å². The van der Waals surface area contributed by atoms with Crippen LogP contribution >= 0.6 is 23.1 Å². The smallest absolute Gasteiger partial charge is 0.236 e. The van der Waals surface area contributed by atoms with Gasteiger partial charge in [0.25, 0.3) is 0 Å². The number of hydrogen-bond acceptors (Lipinski definition) is 5. The number of aryl methyl sites for hydroxylation is 2. The van der Waals surface area contributed by atoms with Gasteiger partial charge in [-0.15, -0.1) is 21.5 Å². The minimum absolute atomic E-state index is 0.124. The Bertz CT molecular complexity index is 833. The second kappa shape index (κ2) is 9.71. The predicted molar refractivity (Wildman–Crippen MR) is 111 cm³/mol. The Labute approximate surface area is 168 Å². The number of carbonyl (C=O) groups excluding carboxylic acids is 1. The summed E-state index contributed by atoms with van der Waals surface area (Å²) in [6, 6.07) is 14.3. The minimum Gasteiger partial charge on any atom is -0.338 e. The van der Waals surface area contributed by atoms with Crippen molar-refractivity contribution in [1.82, 2.24) is 19.7 Å². The van der Waals surface area contributed by atoms with Gasteiger partial charge in [0.15, 0.2) is 5.16 Å². The molecule has 3 rings (SSSR count). The van der Waals surface area contributed by atoms with E-state index in [-0.39, 0.29) is 11.2 Å². The van der Waals surface area contributed by atoms with E-state index in [9.17, 15) is 4.79 Å². The highest BCUT2D eigenvalue weighted by atomic mass is 32.2. The second-order valence-corrected chi connectivity index (χ2v) is 8.57. The molecule has 0 aliphatic carbocycles. The standard InChI is InChI=1S/C20H24N4OS2/c1-3-23(14-17-8-5-4-6-9-17)19(25)16(2)27-20-22-21-15-24(20)12-11-18-10-7-13-26-18/h4-10,13,15-16H,3,11-12,14H2,1-2H3. The molecule has 7 heteroatoms. The molecule has 0 radical (unpaired) electrons. The molecule has 0 N–H and O–H groups in total. The lowest BCUT2D eigenvalue weighted by atomic mass is 10.2. The van der Waals surface area contributed by atoms with Gasteiger partial charge in [0.1, 0.15) is 6.33 Å². The summed E-state index contributed by atoms with van der Waals surface area (Å²) in [5, 5.41) is 10.9. The first-order valence-corrected chi connectivity index (χ1v) is 10.8. The molecule has 1 atom stereocenters. The van der Waals surface area contributed by atoms with Crippen molar-refractivity contribution in [2.24, 2.45) is 0 Å². The summed E-state index contributed by atoms with van der Waals surface area (Å²) in [6.45, 7) is 6.09. The van der Waals surface area contributed by atoms with E-state index >= 15 is 0 Å². The maximum Gasteiger partial charge on any atom is 0.236 e. The minimum atomic E-state index is -0.210. The van der Waals surface area contributed by atoms with Gasteiger partial charge in [0.05, 0.1) is 5.25 Å².